The minimum absolute atomic E-state index is 0.188. The van der Waals surface area contributed by atoms with Crippen LogP contribution in [0.3, 0.4) is 0 Å². The number of aliphatic imine (C=N–C) groups is 1. The Balaban J connectivity index is 1.77. The van der Waals surface area contributed by atoms with Gasteiger partial charge in [0.1, 0.15) is 11.9 Å². The summed E-state index contributed by atoms with van der Waals surface area (Å²) >= 11 is 0. The van der Waals surface area contributed by atoms with Crippen molar-refractivity contribution in [3.8, 4) is 0 Å². The van der Waals surface area contributed by atoms with E-state index >= 15 is 0 Å². The van der Waals surface area contributed by atoms with Gasteiger partial charge in [0.05, 0.1) is 6.04 Å². The van der Waals surface area contributed by atoms with E-state index in [-0.39, 0.29) is 18.0 Å². The van der Waals surface area contributed by atoms with Gasteiger partial charge >= 0.3 is 0 Å². The fourth-order valence-electron chi connectivity index (χ4n) is 2.75. The van der Waals surface area contributed by atoms with Crippen LogP contribution in [0.15, 0.2) is 29.3 Å². The molecule has 96 valence electrons. The SMILES string of the molecule is NCC1CCC2OC(c3ccc(F)cc3)=NC2C1. The number of nitrogens with zero attached hydrogens (tertiary/aromatic N) is 1. The van der Waals surface area contributed by atoms with Crippen LogP contribution < -0.4 is 5.73 Å². The Labute approximate surface area is 106 Å². The third kappa shape index (κ3) is 2.12. The highest BCUT2D eigenvalue weighted by molar-refractivity contribution is 5.95. The van der Waals surface area contributed by atoms with Gasteiger partial charge in [0.25, 0.3) is 0 Å². The number of ether oxygens (including phenoxy) is 1. The molecule has 0 radical (unpaired) electrons. The first-order valence-corrected chi connectivity index (χ1v) is 6.46. The molecule has 0 saturated heterocycles. The van der Waals surface area contributed by atoms with Gasteiger partial charge in [0.15, 0.2) is 0 Å². The zero-order chi connectivity index (χ0) is 12.5. The van der Waals surface area contributed by atoms with Gasteiger partial charge in [-0.15, -0.1) is 0 Å². The molecule has 3 nitrogen and oxygen atoms in total. The van der Waals surface area contributed by atoms with Gasteiger partial charge in [-0.25, -0.2) is 9.38 Å². The molecule has 1 saturated carbocycles. The lowest BCUT2D eigenvalue weighted by molar-refractivity contribution is 0.130. The van der Waals surface area contributed by atoms with Crippen LogP contribution in [0.4, 0.5) is 4.39 Å². The van der Waals surface area contributed by atoms with Crippen molar-refractivity contribution in [2.24, 2.45) is 16.6 Å². The summed E-state index contributed by atoms with van der Waals surface area (Å²) in [5, 5.41) is 0. The first-order valence-electron chi connectivity index (χ1n) is 6.46. The molecule has 1 aromatic rings. The van der Waals surface area contributed by atoms with E-state index in [4.69, 9.17) is 10.5 Å². The summed E-state index contributed by atoms with van der Waals surface area (Å²) in [7, 11) is 0. The van der Waals surface area contributed by atoms with Crippen LogP contribution in [0.25, 0.3) is 0 Å². The van der Waals surface area contributed by atoms with Crippen LogP contribution >= 0.6 is 0 Å². The molecule has 2 aliphatic rings. The van der Waals surface area contributed by atoms with Crippen LogP contribution in [0.2, 0.25) is 0 Å². The maximum atomic E-state index is 12.9. The summed E-state index contributed by atoms with van der Waals surface area (Å²) in [6, 6.07) is 6.53. The van der Waals surface area contributed by atoms with Crippen molar-refractivity contribution >= 4 is 5.90 Å². The molecule has 3 rings (SSSR count). The Bertz CT molecular complexity index is 457. The highest BCUT2D eigenvalue weighted by Crippen LogP contribution is 2.33. The Morgan fingerprint density at radius 3 is 2.78 bits per heavy atom. The predicted octanol–water partition coefficient (Wildman–Crippen LogP) is 2.10. The Morgan fingerprint density at radius 1 is 1.28 bits per heavy atom. The smallest absolute Gasteiger partial charge is 0.216 e. The molecule has 4 heteroatoms. The van der Waals surface area contributed by atoms with Gasteiger partial charge in [-0.1, -0.05) is 0 Å². The summed E-state index contributed by atoms with van der Waals surface area (Å²) in [6.45, 7) is 0.727. The van der Waals surface area contributed by atoms with Gasteiger partial charge in [-0.2, -0.15) is 0 Å². The first-order chi connectivity index (χ1) is 8.76. The molecule has 3 atom stereocenters. The van der Waals surface area contributed by atoms with Crippen molar-refractivity contribution in [3.05, 3.63) is 35.6 Å². The Hall–Kier alpha value is -1.42. The van der Waals surface area contributed by atoms with Crippen LogP contribution in [-0.4, -0.2) is 24.6 Å². The van der Waals surface area contributed by atoms with Gasteiger partial charge < -0.3 is 10.5 Å². The standard InChI is InChI=1S/C14H17FN2O/c15-11-4-2-10(3-5-11)14-17-12-7-9(8-16)1-6-13(12)18-14/h2-5,9,12-13H,1,6-8,16H2. The molecular weight excluding hydrogens is 231 g/mol. The molecule has 1 aromatic carbocycles. The van der Waals surface area contributed by atoms with E-state index in [1.165, 1.54) is 12.1 Å². The zero-order valence-corrected chi connectivity index (χ0v) is 10.2. The van der Waals surface area contributed by atoms with Crippen molar-refractivity contribution in [3.63, 3.8) is 0 Å². The number of benzene rings is 1. The quantitative estimate of drug-likeness (QED) is 0.871. The van der Waals surface area contributed by atoms with Gasteiger partial charge in [-0.05, 0) is 56.0 Å². The molecule has 1 fully saturated rings. The fourth-order valence-corrected chi connectivity index (χ4v) is 2.75. The molecule has 0 aromatic heterocycles. The summed E-state index contributed by atoms with van der Waals surface area (Å²) in [4.78, 5) is 4.62. The van der Waals surface area contributed by atoms with Crippen LogP contribution in [0, 0.1) is 11.7 Å². The number of rotatable bonds is 2. The van der Waals surface area contributed by atoms with E-state index in [9.17, 15) is 4.39 Å². The molecular formula is C14H17FN2O. The molecule has 1 aliphatic carbocycles. The zero-order valence-electron chi connectivity index (χ0n) is 10.2. The van der Waals surface area contributed by atoms with Crippen molar-refractivity contribution in [2.75, 3.05) is 6.54 Å². The maximum absolute atomic E-state index is 12.9. The number of hydrogen-bond donors (Lipinski definition) is 1. The van der Waals surface area contributed by atoms with Crippen LogP contribution in [0.1, 0.15) is 24.8 Å². The average molecular weight is 248 g/mol. The maximum Gasteiger partial charge on any atom is 0.216 e. The van der Waals surface area contributed by atoms with Crippen molar-refractivity contribution in [1.82, 2.24) is 0 Å². The molecule has 3 unspecified atom stereocenters. The molecule has 1 heterocycles. The summed E-state index contributed by atoms with van der Waals surface area (Å²) < 4.78 is 18.7. The molecule has 0 spiro atoms. The van der Waals surface area contributed by atoms with E-state index in [0.29, 0.717) is 11.8 Å². The lowest BCUT2D eigenvalue weighted by atomic mass is 9.84. The summed E-state index contributed by atoms with van der Waals surface area (Å²) in [5.41, 5.74) is 6.57. The van der Waals surface area contributed by atoms with Crippen LogP contribution in [0.5, 0.6) is 0 Å². The highest BCUT2D eigenvalue weighted by atomic mass is 19.1. The topological polar surface area (TPSA) is 47.6 Å². The first kappa shape index (κ1) is 11.7. The van der Waals surface area contributed by atoms with E-state index in [2.05, 4.69) is 4.99 Å². The summed E-state index contributed by atoms with van der Waals surface area (Å²) in [5.74, 6) is 0.979. The predicted molar refractivity (Wildman–Crippen MR) is 68.0 cm³/mol. The monoisotopic (exact) mass is 248 g/mol. The van der Waals surface area contributed by atoms with Crippen molar-refractivity contribution < 1.29 is 9.13 Å². The minimum atomic E-state index is -0.238. The van der Waals surface area contributed by atoms with Crippen molar-refractivity contribution in [1.29, 1.82) is 0 Å². The second-order valence-corrected chi connectivity index (χ2v) is 5.08. The largest absolute Gasteiger partial charge is 0.472 e. The third-order valence-corrected chi connectivity index (χ3v) is 3.83. The highest BCUT2D eigenvalue weighted by Gasteiger charge is 2.36. The number of halogens is 1. The second-order valence-electron chi connectivity index (χ2n) is 5.08. The molecule has 0 amide bonds. The Morgan fingerprint density at radius 2 is 2.06 bits per heavy atom. The van der Waals surface area contributed by atoms with E-state index < -0.39 is 0 Å². The van der Waals surface area contributed by atoms with Crippen molar-refractivity contribution in [2.45, 2.75) is 31.4 Å². The molecule has 1 aliphatic heterocycles. The Kier molecular flexibility index (Phi) is 3.04. The number of nitrogens with two attached hydrogens (primary N) is 1. The number of fused-ring (bicyclic) bond motifs is 1. The summed E-state index contributed by atoms with van der Waals surface area (Å²) in [6.07, 6.45) is 3.32. The fraction of sp³-hybridized carbons (Fsp3) is 0.500. The third-order valence-electron chi connectivity index (χ3n) is 3.83. The lowest BCUT2D eigenvalue weighted by Gasteiger charge is -2.28. The van der Waals surface area contributed by atoms with Gasteiger partial charge in [0.2, 0.25) is 5.90 Å². The van der Waals surface area contributed by atoms with Crippen LogP contribution in [-0.2, 0) is 4.74 Å². The molecule has 2 N–H and O–H groups in total. The lowest BCUT2D eigenvalue weighted by Crippen LogP contribution is -2.33. The van der Waals surface area contributed by atoms with E-state index in [1.807, 2.05) is 0 Å². The normalized spacial score (nSPS) is 30.6. The van der Waals surface area contributed by atoms with Gasteiger partial charge in [-0.3, -0.25) is 0 Å². The minimum Gasteiger partial charge on any atom is -0.472 e. The number of hydrogen-bond acceptors (Lipinski definition) is 3. The molecule has 0 bridgehead atoms. The molecule has 18 heavy (non-hydrogen) atoms. The van der Waals surface area contributed by atoms with E-state index in [0.717, 1.165) is 31.4 Å². The average Bonchev–Trinajstić information content (AvgIpc) is 2.82. The van der Waals surface area contributed by atoms with E-state index in [1.54, 1.807) is 12.1 Å². The van der Waals surface area contributed by atoms with Gasteiger partial charge in [0, 0.05) is 5.56 Å². The second kappa shape index (κ2) is 4.69.